The molecule has 0 unspecified atom stereocenters. The van der Waals surface area contributed by atoms with Crippen molar-refractivity contribution in [3.8, 4) is 0 Å². The van der Waals surface area contributed by atoms with E-state index in [1.54, 1.807) is 16.4 Å². The molecule has 0 saturated carbocycles. The van der Waals surface area contributed by atoms with E-state index in [0.717, 1.165) is 30.4 Å². The summed E-state index contributed by atoms with van der Waals surface area (Å²) in [5.74, 6) is -0.443. The highest BCUT2D eigenvalue weighted by atomic mass is 35.5. The second-order valence-electron chi connectivity index (χ2n) is 5.93. The van der Waals surface area contributed by atoms with Gasteiger partial charge in [0, 0.05) is 26.2 Å². The van der Waals surface area contributed by atoms with Crippen LogP contribution in [0.4, 0.5) is 4.39 Å². The highest BCUT2D eigenvalue weighted by molar-refractivity contribution is 7.86. The van der Waals surface area contributed by atoms with Crippen LogP contribution in [0.15, 0.2) is 24.3 Å². The minimum atomic E-state index is -3.37. The van der Waals surface area contributed by atoms with Crippen molar-refractivity contribution in [3.05, 3.63) is 40.7 Å². The first-order valence-corrected chi connectivity index (χ1v) is 9.65. The van der Waals surface area contributed by atoms with Crippen LogP contribution in [0.5, 0.6) is 0 Å². The second-order valence-corrected chi connectivity index (χ2v) is 8.27. The van der Waals surface area contributed by atoms with Crippen LogP contribution in [0.25, 0.3) is 5.57 Å². The van der Waals surface area contributed by atoms with Gasteiger partial charge in [-0.1, -0.05) is 30.2 Å². The van der Waals surface area contributed by atoms with Gasteiger partial charge < -0.3 is 0 Å². The molecular weight excluding hydrogens is 339 g/mol. The van der Waals surface area contributed by atoms with E-state index in [9.17, 15) is 12.8 Å². The molecule has 0 spiro atoms. The zero-order valence-electron chi connectivity index (χ0n) is 12.8. The molecule has 0 amide bonds. The standard InChI is InChI=1S/C16H20ClFN2O2S/c17-15-12-14(4-5-16(15)18)13-6-10-20(11-7-13)23(21,22)19-8-2-1-3-9-19/h4-6,12H,1-3,7-11H2. The highest BCUT2D eigenvalue weighted by Gasteiger charge is 2.31. The lowest BCUT2D eigenvalue weighted by atomic mass is 10.0. The third-order valence-corrected chi connectivity index (χ3v) is 6.72. The largest absolute Gasteiger partial charge is 0.282 e. The molecule has 2 heterocycles. The van der Waals surface area contributed by atoms with E-state index in [4.69, 9.17) is 11.6 Å². The van der Waals surface area contributed by atoms with Crippen LogP contribution in [0.3, 0.4) is 0 Å². The molecule has 2 aliphatic heterocycles. The summed E-state index contributed by atoms with van der Waals surface area (Å²) >= 11 is 5.82. The summed E-state index contributed by atoms with van der Waals surface area (Å²) in [6, 6.07) is 4.62. The van der Waals surface area contributed by atoms with E-state index in [2.05, 4.69) is 0 Å². The van der Waals surface area contributed by atoms with Gasteiger partial charge in [-0.3, -0.25) is 0 Å². The Hall–Kier alpha value is -0.950. The molecule has 1 fully saturated rings. The topological polar surface area (TPSA) is 40.6 Å². The summed E-state index contributed by atoms with van der Waals surface area (Å²) in [5, 5.41) is 0.0896. The average Bonchev–Trinajstić information content (AvgIpc) is 2.58. The first-order chi connectivity index (χ1) is 11.0. The van der Waals surface area contributed by atoms with E-state index in [1.165, 1.54) is 10.4 Å². The molecule has 1 aromatic carbocycles. The molecule has 7 heteroatoms. The number of piperidine rings is 1. The van der Waals surface area contributed by atoms with Crippen LogP contribution < -0.4 is 0 Å². The van der Waals surface area contributed by atoms with E-state index in [1.807, 2.05) is 6.08 Å². The predicted molar refractivity (Wildman–Crippen MR) is 89.9 cm³/mol. The van der Waals surface area contributed by atoms with Crippen LogP contribution >= 0.6 is 11.6 Å². The molecule has 1 saturated heterocycles. The summed E-state index contributed by atoms with van der Waals surface area (Å²) in [7, 11) is -3.37. The predicted octanol–water partition coefficient (Wildman–Crippen LogP) is 3.30. The maximum atomic E-state index is 13.2. The molecule has 0 aromatic heterocycles. The molecule has 1 aromatic rings. The summed E-state index contributed by atoms with van der Waals surface area (Å²) < 4.78 is 41.6. The van der Waals surface area contributed by atoms with Gasteiger partial charge in [0.15, 0.2) is 0 Å². The molecule has 3 rings (SSSR count). The Morgan fingerprint density at radius 2 is 1.78 bits per heavy atom. The molecule has 2 aliphatic rings. The lowest BCUT2D eigenvalue weighted by Gasteiger charge is -2.33. The molecular formula is C16H20ClFN2O2S. The van der Waals surface area contributed by atoms with Crippen LogP contribution in [0.1, 0.15) is 31.2 Å². The molecule has 4 nitrogen and oxygen atoms in total. The number of benzene rings is 1. The molecule has 0 bridgehead atoms. The lowest BCUT2D eigenvalue weighted by Crippen LogP contribution is -2.47. The van der Waals surface area contributed by atoms with Crippen LogP contribution in [-0.2, 0) is 10.2 Å². The molecule has 0 aliphatic carbocycles. The minimum Gasteiger partial charge on any atom is -0.205 e. The normalized spacial score (nSPS) is 21.2. The van der Waals surface area contributed by atoms with Crippen molar-refractivity contribution in [1.29, 1.82) is 0 Å². The number of hydrogen-bond donors (Lipinski definition) is 0. The number of halogens is 2. The van der Waals surface area contributed by atoms with Gasteiger partial charge in [0.2, 0.25) is 0 Å². The van der Waals surface area contributed by atoms with Crippen molar-refractivity contribution in [2.24, 2.45) is 0 Å². The Bertz CT molecular complexity index is 715. The van der Waals surface area contributed by atoms with E-state index in [-0.39, 0.29) is 5.02 Å². The van der Waals surface area contributed by atoms with Gasteiger partial charge in [-0.2, -0.15) is 17.0 Å². The molecule has 0 radical (unpaired) electrons. The van der Waals surface area contributed by atoms with Crippen molar-refractivity contribution in [2.75, 3.05) is 26.2 Å². The minimum absolute atomic E-state index is 0.0896. The molecule has 23 heavy (non-hydrogen) atoms. The summed E-state index contributed by atoms with van der Waals surface area (Å²) in [4.78, 5) is 0. The maximum Gasteiger partial charge on any atom is 0.282 e. The van der Waals surface area contributed by atoms with Gasteiger partial charge in [-0.05, 0) is 42.5 Å². The van der Waals surface area contributed by atoms with E-state index >= 15 is 0 Å². The number of rotatable bonds is 3. The Morgan fingerprint density at radius 1 is 1.04 bits per heavy atom. The molecule has 126 valence electrons. The fraction of sp³-hybridized carbons (Fsp3) is 0.500. The third kappa shape index (κ3) is 3.60. The van der Waals surface area contributed by atoms with Gasteiger partial charge in [0.25, 0.3) is 10.2 Å². The summed E-state index contributed by atoms with van der Waals surface area (Å²) in [5.41, 5.74) is 1.86. The fourth-order valence-corrected chi connectivity index (χ4v) is 4.89. The Balaban J connectivity index is 1.73. The van der Waals surface area contributed by atoms with Gasteiger partial charge in [-0.25, -0.2) is 4.39 Å². The monoisotopic (exact) mass is 358 g/mol. The number of hydrogen-bond acceptors (Lipinski definition) is 2. The summed E-state index contributed by atoms with van der Waals surface area (Å²) in [6.45, 7) is 2.02. The number of nitrogens with zero attached hydrogens (tertiary/aromatic N) is 2. The smallest absolute Gasteiger partial charge is 0.205 e. The highest BCUT2D eigenvalue weighted by Crippen LogP contribution is 2.28. The SMILES string of the molecule is O=S(=O)(N1CC=C(c2ccc(F)c(Cl)c2)CC1)N1CCCCC1. The van der Waals surface area contributed by atoms with E-state index in [0.29, 0.717) is 32.6 Å². The van der Waals surface area contributed by atoms with Crippen molar-refractivity contribution in [1.82, 2.24) is 8.61 Å². The van der Waals surface area contributed by atoms with Crippen molar-refractivity contribution in [3.63, 3.8) is 0 Å². The molecule has 0 N–H and O–H groups in total. The van der Waals surface area contributed by atoms with Crippen molar-refractivity contribution in [2.45, 2.75) is 25.7 Å². The Labute approximate surface area is 141 Å². The maximum absolute atomic E-state index is 13.2. The quantitative estimate of drug-likeness (QED) is 0.831. The van der Waals surface area contributed by atoms with Crippen molar-refractivity contribution >= 4 is 27.4 Å². The first-order valence-electron chi connectivity index (χ1n) is 7.88. The van der Waals surface area contributed by atoms with E-state index < -0.39 is 16.0 Å². The van der Waals surface area contributed by atoms with Gasteiger partial charge in [-0.15, -0.1) is 0 Å². The van der Waals surface area contributed by atoms with Crippen molar-refractivity contribution < 1.29 is 12.8 Å². The second kappa shape index (κ2) is 6.89. The third-order valence-electron chi connectivity index (χ3n) is 4.43. The zero-order valence-corrected chi connectivity index (χ0v) is 14.4. The summed E-state index contributed by atoms with van der Waals surface area (Å²) in [6.07, 6.45) is 5.47. The lowest BCUT2D eigenvalue weighted by molar-refractivity contribution is 0.309. The fourth-order valence-electron chi connectivity index (χ4n) is 3.08. The van der Waals surface area contributed by atoms with Gasteiger partial charge in [0.1, 0.15) is 5.82 Å². The first kappa shape index (κ1) is 16.9. The molecule has 0 atom stereocenters. The Morgan fingerprint density at radius 3 is 2.39 bits per heavy atom. The zero-order chi connectivity index (χ0) is 16.4. The van der Waals surface area contributed by atoms with Crippen LogP contribution in [0.2, 0.25) is 5.02 Å². The van der Waals surface area contributed by atoms with Gasteiger partial charge >= 0.3 is 0 Å². The van der Waals surface area contributed by atoms with Crippen LogP contribution in [-0.4, -0.2) is 43.2 Å². The van der Waals surface area contributed by atoms with Gasteiger partial charge in [0.05, 0.1) is 5.02 Å². The Kier molecular flexibility index (Phi) is 5.06. The average molecular weight is 359 g/mol. The van der Waals surface area contributed by atoms with Crippen LogP contribution in [0, 0.1) is 5.82 Å².